The number of ether oxygens (including phenoxy) is 1. The molecule has 10 nitrogen and oxygen atoms in total. The summed E-state index contributed by atoms with van der Waals surface area (Å²) in [5.74, 6) is 0.390. The Kier molecular flexibility index (Phi) is 4.99. The van der Waals surface area contributed by atoms with Gasteiger partial charge in [-0.1, -0.05) is 0 Å². The number of hydrogen-bond donors (Lipinski definition) is 3. The van der Waals surface area contributed by atoms with Crippen LogP contribution in [-0.4, -0.2) is 57.2 Å². The van der Waals surface area contributed by atoms with E-state index in [1.54, 1.807) is 24.1 Å². The third-order valence-corrected chi connectivity index (χ3v) is 2.41. The van der Waals surface area contributed by atoms with Gasteiger partial charge < -0.3 is 21.1 Å². The first-order chi connectivity index (χ1) is 10.2. The molecule has 0 aliphatic heterocycles. The number of methoxy groups -OCH3 is 1. The van der Waals surface area contributed by atoms with Crippen molar-refractivity contribution in [3.63, 3.8) is 0 Å². The third-order valence-electron chi connectivity index (χ3n) is 2.41. The first kappa shape index (κ1) is 14.7. The topological polar surface area (TPSA) is 133 Å². The zero-order chi connectivity index (χ0) is 15.1. The molecule has 112 valence electrons. The van der Waals surface area contributed by atoms with E-state index < -0.39 is 0 Å². The number of nitrogens with two attached hydrogens (primary N) is 1. The van der Waals surface area contributed by atoms with Crippen molar-refractivity contribution in [3.8, 4) is 5.95 Å². The summed E-state index contributed by atoms with van der Waals surface area (Å²) in [4.78, 5) is 27.5. The summed E-state index contributed by atoms with van der Waals surface area (Å²) in [6.45, 7) is 0.919. The van der Waals surface area contributed by atoms with Crippen molar-refractivity contribution in [3.05, 3.63) is 18.7 Å². The lowest BCUT2D eigenvalue weighted by molar-refractivity contribution is -0.119. The van der Waals surface area contributed by atoms with Crippen molar-refractivity contribution in [1.29, 1.82) is 0 Å². The van der Waals surface area contributed by atoms with Crippen molar-refractivity contribution < 1.29 is 9.53 Å². The zero-order valence-corrected chi connectivity index (χ0v) is 11.5. The van der Waals surface area contributed by atoms with Crippen molar-refractivity contribution in [2.24, 2.45) is 0 Å². The normalized spacial score (nSPS) is 10.3. The van der Waals surface area contributed by atoms with Crippen molar-refractivity contribution in [2.45, 2.75) is 0 Å². The molecule has 0 aromatic carbocycles. The van der Waals surface area contributed by atoms with Crippen LogP contribution in [0.1, 0.15) is 0 Å². The molecule has 0 radical (unpaired) electrons. The molecule has 2 heterocycles. The number of imidazole rings is 1. The van der Waals surface area contributed by atoms with Gasteiger partial charge in [-0.05, 0) is 0 Å². The highest BCUT2D eigenvalue weighted by Gasteiger charge is 2.07. The molecule has 10 heteroatoms. The number of amides is 1. The number of rotatable bonds is 7. The van der Waals surface area contributed by atoms with Gasteiger partial charge in [0.05, 0.1) is 13.2 Å². The van der Waals surface area contributed by atoms with Crippen LogP contribution in [-0.2, 0) is 9.53 Å². The quantitative estimate of drug-likeness (QED) is 0.543. The molecule has 0 bridgehead atoms. The van der Waals surface area contributed by atoms with Crippen LogP contribution in [0.4, 0.5) is 11.9 Å². The molecular weight excluding hydrogens is 276 g/mol. The number of carbonyl (C=O) groups excluding carboxylic acids is 1. The minimum absolute atomic E-state index is 0.0243. The summed E-state index contributed by atoms with van der Waals surface area (Å²) >= 11 is 0. The maximum Gasteiger partial charge on any atom is 0.241 e. The Balaban J connectivity index is 1.96. The van der Waals surface area contributed by atoms with Gasteiger partial charge in [-0.2, -0.15) is 15.0 Å². The summed E-state index contributed by atoms with van der Waals surface area (Å²) in [6.07, 6.45) is 4.81. The Hall–Kier alpha value is -2.75. The monoisotopic (exact) mass is 292 g/mol. The van der Waals surface area contributed by atoms with Crippen LogP contribution in [0.25, 0.3) is 5.95 Å². The lowest BCUT2D eigenvalue weighted by Crippen LogP contribution is -2.32. The average Bonchev–Trinajstić information content (AvgIpc) is 2.99. The number of nitrogens with zero attached hydrogens (tertiary/aromatic N) is 5. The molecule has 4 N–H and O–H groups in total. The molecule has 1 amide bonds. The number of aromatic nitrogens is 5. The van der Waals surface area contributed by atoms with Crippen LogP contribution in [0, 0.1) is 0 Å². The van der Waals surface area contributed by atoms with E-state index in [-0.39, 0.29) is 24.3 Å². The lowest BCUT2D eigenvalue weighted by atomic mass is 10.5. The fourth-order valence-corrected chi connectivity index (χ4v) is 1.47. The van der Waals surface area contributed by atoms with Crippen LogP contribution in [0.3, 0.4) is 0 Å². The maximum atomic E-state index is 11.5. The molecule has 0 saturated heterocycles. The van der Waals surface area contributed by atoms with Gasteiger partial charge >= 0.3 is 0 Å². The number of anilines is 2. The highest BCUT2D eigenvalue weighted by Crippen LogP contribution is 2.06. The van der Waals surface area contributed by atoms with Gasteiger partial charge in [0.15, 0.2) is 0 Å². The largest absolute Gasteiger partial charge is 0.383 e. The number of carbonyl (C=O) groups is 1. The average molecular weight is 292 g/mol. The lowest BCUT2D eigenvalue weighted by Gasteiger charge is -2.08. The van der Waals surface area contributed by atoms with Crippen LogP contribution in [0.2, 0.25) is 0 Å². The first-order valence-corrected chi connectivity index (χ1v) is 6.18. The minimum atomic E-state index is -0.199. The van der Waals surface area contributed by atoms with Crippen LogP contribution in [0.5, 0.6) is 0 Å². The van der Waals surface area contributed by atoms with E-state index in [1.165, 1.54) is 6.33 Å². The van der Waals surface area contributed by atoms with Gasteiger partial charge in [0.2, 0.25) is 23.8 Å². The second-order valence-corrected chi connectivity index (χ2v) is 3.98. The molecular formula is C11H16N8O2. The molecule has 0 aliphatic rings. The van der Waals surface area contributed by atoms with E-state index in [0.717, 1.165) is 0 Å². The molecule has 2 aromatic heterocycles. The smallest absolute Gasteiger partial charge is 0.241 e. The van der Waals surface area contributed by atoms with E-state index in [1.807, 2.05) is 0 Å². The molecule has 0 fully saturated rings. The molecule has 21 heavy (non-hydrogen) atoms. The fourth-order valence-electron chi connectivity index (χ4n) is 1.47. The zero-order valence-electron chi connectivity index (χ0n) is 11.5. The minimum Gasteiger partial charge on any atom is -0.383 e. The van der Waals surface area contributed by atoms with Crippen LogP contribution in [0.15, 0.2) is 18.7 Å². The highest BCUT2D eigenvalue weighted by molar-refractivity contribution is 5.80. The van der Waals surface area contributed by atoms with Gasteiger partial charge in [-0.25, -0.2) is 4.98 Å². The van der Waals surface area contributed by atoms with Gasteiger partial charge in [0.1, 0.15) is 6.33 Å². The second kappa shape index (κ2) is 7.14. The molecule has 0 unspecified atom stereocenters. The number of nitrogen functional groups attached to an aromatic ring is 1. The standard InChI is InChI=1S/C11H16N8O2/c1-21-5-3-14-8(20)6-15-10-16-9(12)17-11(18-10)19-4-2-13-7-19/h2,4,7H,3,5-6H2,1H3,(H,14,20)(H3,12,15,16,17,18). The van der Waals surface area contributed by atoms with Gasteiger partial charge in [0.25, 0.3) is 0 Å². The Morgan fingerprint density at radius 3 is 3.00 bits per heavy atom. The number of nitrogens with one attached hydrogen (secondary N) is 2. The van der Waals surface area contributed by atoms with Gasteiger partial charge in [-0.3, -0.25) is 9.36 Å². The Bertz CT molecular complexity index is 586. The summed E-state index contributed by atoms with van der Waals surface area (Å²) < 4.78 is 6.42. The van der Waals surface area contributed by atoms with Crippen molar-refractivity contribution >= 4 is 17.8 Å². The molecule has 2 aromatic rings. The van der Waals surface area contributed by atoms with Crippen LogP contribution < -0.4 is 16.4 Å². The molecule has 0 atom stereocenters. The van der Waals surface area contributed by atoms with E-state index in [0.29, 0.717) is 19.1 Å². The summed E-state index contributed by atoms with van der Waals surface area (Å²) in [7, 11) is 1.57. The summed E-state index contributed by atoms with van der Waals surface area (Å²) in [5.41, 5.74) is 5.62. The van der Waals surface area contributed by atoms with Crippen LogP contribution >= 0.6 is 0 Å². The predicted molar refractivity (Wildman–Crippen MR) is 74.7 cm³/mol. The van der Waals surface area contributed by atoms with E-state index in [9.17, 15) is 4.79 Å². The first-order valence-electron chi connectivity index (χ1n) is 6.18. The van der Waals surface area contributed by atoms with Crippen molar-refractivity contribution in [2.75, 3.05) is 37.9 Å². The van der Waals surface area contributed by atoms with Gasteiger partial charge in [0, 0.05) is 26.0 Å². The van der Waals surface area contributed by atoms with E-state index >= 15 is 0 Å². The molecule has 0 aliphatic carbocycles. The summed E-state index contributed by atoms with van der Waals surface area (Å²) in [5, 5.41) is 5.45. The van der Waals surface area contributed by atoms with Gasteiger partial charge in [-0.15, -0.1) is 0 Å². The summed E-state index contributed by atoms with van der Waals surface area (Å²) in [6, 6.07) is 0. The Morgan fingerprint density at radius 2 is 2.29 bits per heavy atom. The molecule has 0 saturated carbocycles. The van der Waals surface area contributed by atoms with E-state index in [4.69, 9.17) is 10.5 Å². The second-order valence-electron chi connectivity index (χ2n) is 3.98. The SMILES string of the molecule is COCCNC(=O)CNc1nc(N)nc(-n2ccnc2)n1. The Morgan fingerprint density at radius 1 is 1.43 bits per heavy atom. The maximum absolute atomic E-state index is 11.5. The third kappa shape index (κ3) is 4.38. The Labute approximate surface area is 120 Å². The number of hydrogen-bond acceptors (Lipinski definition) is 8. The molecule has 0 spiro atoms. The van der Waals surface area contributed by atoms with E-state index in [2.05, 4.69) is 30.6 Å². The molecule has 2 rings (SSSR count). The van der Waals surface area contributed by atoms with Crippen molar-refractivity contribution in [1.82, 2.24) is 29.8 Å². The predicted octanol–water partition coefficient (Wildman–Crippen LogP) is -1.19. The highest BCUT2D eigenvalue weighted by atomic mass is 16.5. The fraction of sp³-hybridized carbons (Fsp3) is 0.364.